The van der Waals surface area contributed by atoms with E-state index in [9.17, 15) is 9.59 Å². The molecule has 26 heavy (non-hydrogen) atoms. The van der Waals surface area contributed by atoms with E-state index in [0.717, 1.165) is 10.9 Å². The second kappa shape index (κ2) is 6.31. The number of hydrogen-bond donors (Lipinski definition) is 0. The first-order chi connectivity index (χ1) is 12.5. The van der Waals surface area contributed by atoms with Gasteiger partial charge in [0.15, 0.2) is 0 Å². The molecular formula is C19H13ClN2O4. The first kappa shape index (κ1) is 16.4. The predicted molar refractivity (Wildman–Crippen MR) is 98.0 cm³/mol. The van der Waals surface area contributed by atoms with Crippen molar-refractivity contribution < 1.29 is 9.15 Å². The standard InChI is InChI=1S/C19H13ClN2O4/c1-11-6-19(24)26-15-9-16(14(20)8-13(11)15)25-10-12-7-18(23)22-5-3-2-4-17(22)21-12/h2-9H,10H2,1H3. The van der Waals surface area contributed by atoms with Crippen LogP contribution >= 0.6 is 11.6 Å². The largest absolute Gasteiger partial charge is 0.486 e. The van der Waals surface area contributed by atoms with Crippen molar-refractivity contribution in [1.29, 1.82) is 0 Å². The SMILES string of the molecule is Cc1cc(=O)oc2cc(OCc3cc(=O)n4ccccc4n3)c(Cl)cc12. The average Bonchev–Trinajstić information content (AvgIpc) is 2.61. The second-order valence-corrected chi connectivity index (χ2v) is 6.24. The molecule has 0 bridgehead atoms. The Kier molecular flexibility index (Phi) is 3.97. The maximum Gasteiger partial charge on any atom is 0.336 e. The molecule has 3 heterocycles. The third kappa shape index (κ3) is 2.95. The molecule has 4 rings (SSSR count). The van der Waals surface area contributed by atoms with E-state index in [2.05, 4.69) is 4.98 Å². The Balaban J connectivity index is 1.69. The number of benzene rings is 1. The highest BCUT2D eigenvalue weighted by atomic mass is 35.5. The fourth-order valence-corrected chi connectivity index (χ4v) is 2.98. The molecule has 6 nitrogen and oxygen atoms in total. The zero-order valence-electron chi connectivity index (χ0n) is 13.7. The Hall–Kier alpha value is -3.12. The van der Waals surface area contributed by atoms with Gasteiger partial charge in [0.1, 0.15) is 23.6 Å². The lowest BCUT2D eigenvalue weighted by Gasteiger charge is -2.10. The molecule has 7 heteroatoms. The quantitative estimate of drug-likeness (QED) is 0.518. The topological polar surface area (TPSA) is 73.8 Å². The van der Waals surface area contributed by atoms with Crippen molar-refractivity contribution in [2.24, 2.45) is 0 Å². The van der Waals surface area contributed by atoms with E-state index in [4.69, 9.17) is 20.8 Å². The first-order valence-electron chi connectivity index (χ1n) is 7.85. The number of rotatable bonds is 3. The van der Waals surface area contributed by atoms with Crippen molar-refractivity contribution >= 4 is 28.2 Å². The summed E-state index contributed by atoms with van der Waals surface area (Å²) >= 11 is 6.28. The minimum Gasteiger partial charge on any atom is -0.486 e. The predicted octanol–water partition coefficient (Wildman–Crippen LogP) is 3.34. The molecule has 0 saturated heterocycles. The molecule has 0 atom stereocenters. The van der Waals surface area contributed by atoms with Crippen LogP contribution < -0.4 is 15.9 Å². The molecule has 4 aromatic rings. The number of aryl methyl sites for hydroxylation is 1. The normalized spacial score (nSPS) is 11.2. The molecule has 3 aromatic heterocycles. The summed E-state index contributed by atoms with van der Waals surface area (Å²) in [5.74, 6) is 0.350. The van der Waals surface area contributed by atoms with Crippen molar-refractivity contribution in [3.63, 3.8) is 0 Å². The summed E-state index contributed by atoms with van der Waals surface area (Å²) in [7, 11) is 0. The summed E-state index contributed by atoms with van der Waals surface area (Å²) < 4.78 is 12.4. The summed E-state index contributed by atoms with van der Waals surface area (Å²) in [6.07, 6.45) is 1.65. The molecule has 0 radical (unpaired) electrons. The van der Waals surface area contributed by atoms with Gasteiger partial charge in [0.25, 0.3) is 5.56 Å². The van der Waals surface area contributed by atoms with Crippen molar-refractivity contribution in [3.05, 3.63) is 85.7 Å². The van der Waals surface area contributed by atoms with E-state index in [1.165, 1.54) is 16.5 Å². The monoisotopic (exact) mass is 368 g/mol. The Labute approximate surface area is 152 Å². The van der Waals surface area contributed by atoms with Gasteiger partial charge in [-0.15, -0.1) is 0 Å². The lowest BCUT2D eigenvalue weighted by Crippen LogP contribution is -2.16. The molecular weight excluding hydrogens is 356 g/mol. The summed E-state index contributed by atoms with van der Waals surface area (Å²) in [5, 5.41) is 1.12. The number of fused-ring (bicyclic) bond motifs is 2. The lowest BCUT2D eigenvalue weighted by molar-refractivity contribution is 0.301. The third-order valence-electron chi connectivity index (χ3n) is 4.00. The number of nitrogens with zero attached hydrogens (tertiary/aromatic N) is 2. The van der Waals surface area contributed by atoms with Crippen LogP contribution in [0.4, 0.5) is 0 Å². The maximum atomic E-state index is 12.1. The van der Waals surface area contributed by atoms with Gasteiger partial charge in [0, 0.05) is 29.8 Å². The highest BCUT2D eigenvalue weighted by Crippen LogP contribution is 2.31. The van der Waals surface area contributed by atoms with E-state index in [1.807, 2.05) is 6.92 Å². The van der Waals surface area contributed by atoms with E-state index in [0.29, 0.717) is 27.7 Å². The van der Waals surface area contributed by atoms with Crippen LogP contribution in [0.3, 0.4) is 0 Å². The van der Waals surface area contributed by atoms with Gasteiger partial charge in [0.2, 0.25) is 0 Å². The Bertz CT molecular complexity index is 1260. The lowest BCUT2D eigenvalue weighted by atomic mass is 10.1. The van der Waals surface area contributed by atoms with E-state index < -0.39 is 5.63 Å². The summed E-state index contributed by atoms with van der Waals surface area (Å²) in [4.78, 5) is 28.1. The Morgan fingerprint density at radius 2 is 2.04 bits per heavy atom. The van der Waals surface area contributed by atoms with Gasteiger partial charge in [-0.25, -0.2) is 9.78 Å². The zero-order valence-corrected chi connectivity index (χ0v) is 14.5. The fourth-order valence-electron chi connectivity index (χ4n) is 2.76. The van der Waals surface area contributed by atoms with E-state index in [1.54, 1.807) is 36.5 Å². The van der Waals surface area contributed by atoms with Crippen LogP contribution in [0, 0.1) is 6.92 Å². The molecule has 0 fully saturated rings. The third-order valence-corrected chi connectivity index (χ3v) is 4.30. The molecule has 0 aliphatic rings. The second-order valence-electron chi connectivity index (χ2n) is 5.83. The summed E-state index contributed by atoms with van der Waals surface area (Å²) in [5.41, 5.74) is 1.54. The fraction of sp³-hybridized carbons (Fsp3) is 0.105. The van der Waals surface area contributed by atoms with Gasteiger partial charge < -0.3 is 9.15 Å². The van der Waals surface area contributed by atoms with Crippen molar-refractivity contribution in [2.45, 2.75) is 13.5 Å². The average molecular weight is 369 g/mol. The molecule has 130 valence electrons. The van der Waals surface area contributed by atoms with Gasteiger partial charge in [-0.2, -0.15) is 0 Å². The smallest absolute Gasteiger partial charge is 0.336 e. The van der Waals surface area contributed by atoms with Crippen LogP contribution in [0.2, 0.25) is 5.02 Å². The van der Waals surface area contributed by atoms with Crippen LogP contribution in [0.25, 0.3) is 16.6 Å². The summed E-state index contributed by atoms with van der Waals surface area (Å²) in [6, 6.07) is 11.4. The van der Waals surface area contributed by atoms with Gasteiger partial charge in [-0.1, -0.05) is 17.7 Å². The minimum absolute atomic E-state index is 0.0574. The Morgan fingerprint density at radius 3 is 2.88 bits per heavy atom. The number of aromatic nitrogens is 2. The number of hydrogen-bond acceptors (Lipinski definition) is 5. The molecule has 0 amide bonds. The van der Waals surface area contributed by atoms with E-state index in [-0.39, 0.29) is 12.2 Å². The van der Waals surface area contributed by atoms with Gasteiger partial charge >= 0.3 is 5.63 Å². The minimum atomic E-state index is -0.438. The van der Waals surface area contributed by atoms with Crippen LogP contribution in [0.15, 0.2) is 62.7 Å². The van der Waals surface area contributed by atoms with Gasteiger partial charge in [0.05, 0.1) is 10.7 Å². The van der Waals surface area contributed by atoms with Gasteiger partial charge in [-0.05, 0) is 30.7 Å². The van der Waals surface area contributed by atoms with Crippen molar-refractivity contribution in [3.8, 4) is 5.75 Å². The molecule has 0 unspecified atom stereocenters. The van der Waals surface area contributed by atoms with E-state index >= 15 is 0 Å². The Morgan fingerprint density at radius 1 is 1.19 bits per heavy atom. The molecule has 0 saturated carbocycles. The number of pyridine rings is 1. The molecule has 1 aromatic carbocycles. The van der Waals surface area contributed by atoms with Crippen molar-refractivity contribution in [2.75, 3.05) is 0 Å². The first-order valence-corrected chi connectivity index (χ1v) is 8.23. The van der Waals surface area contributed by atoms with Crippen LogP contribution in [0.1, 0.15) is 11.3 Å². The highest BCUT2D eigenvalue weighted by Gasteiger charge is 2.10. The number of ether oxygens (including phenoxy) is 1. The van der Waals surface area contributed by atoms with Gasteiger partial charge in [-0.3, -0.25) is 9.20 Å². The highest BCUT2D eigenvalue weighted by molar-refractivity contribution is 6.32. The number of halogens is 1. The zero-order chi connectivity index (χ0) is 18.3. The molecule has 0 N–H and O–H groups in total. The molecule has 0 aliphatic carbocycles. The molecule has 0 spiro atoms. The van der Waals surface area contributed by atoms with Crippen LogP contribution in [0.5, 0.6) is 5.75 Å². The van der Waals surface area contributed by atoms with Crippen LogP contribution in [-0.2, 0) is 6.61 Å². The van der Waals surface area contributed by atoms with Crippen molar-refractivity contribution in [1.82, 2.24) is 9.38 Å². The summed E-state index contributed by atoms with van der Waals surface area (Å²) in [6.45, 7) is 1.87. The maximum absolute atomic E-state index is 12.1. The van der Waals surface area contributed by atoms with Crippen LogP contribution in [-0.4, -0.2) is 9.38 Å². The molecule has 0 aliphatic heterocycles.